The molecule has 0 aliphatic rings. The maximum Gasteiger partial charge on any atom is 0.417 e. The van der Waals surface area contributed by atoms with Crippen molar-refractivity contribution in [1.29, 1.82) is 0 Å². The van der Waals surface area contributed by atoms with Crippen molar-refractivity contribution in [3.63, 3.8) is 0 Å². The molecule has 0 aliphatic carbocycles. The first-order chi connectivity index (χ1) is 11.7. The fraction of sp³-hybridized carbons (Fsp3) is 0.200. The Balaban J connectivity index is 2.07. The summed E-state index contributed by atoms with van der Waals surface area (Å²) in [6, 6.07) is 2.93. The van der Waals surface area contributed by atoms with Crippen LogP contribution in [0.25, 0.3) is 11.2 Å². The van der Waals surface area contributed by atoms with Crippen LogP contribution >= 0.6 is 0 Å². The third-order valence-electron chi connectivity index (χ3n) is 3.76. The third-order valence-corrected chi connectivity index (χ3v) is 3.76. The van der Waals surface area contributed by atoms with Crippen LogP contribution in [0.4, 0.5) is 18.9 Å². The molecule has 0 aliphatic heterocycles. The van der Waals surface area contributed by atoms with Gasteiger partial charge in [-0.1, -0.05) is 6.07 Å². The molecule has 2 aromatic heterocycles. The Hall–Kier alpha value is -3.17. The normalized spacial score (nSPS) is 11.8. The molecule has 0 fully saturated rings. The van der Waals surface area contributed by atoms with Gasteiger partial charge >= 0.3 is 12.1 Å². The molecule has 0 saturated heterocycles. The second-order valence-corrected chi connectivity index (χ2v) is 5.39. The highest BCUT2D eigenvalue weighted by atomic mass is 19.4. The Bertz CT molecular complexity index is 982. The number of nitrogens with zero attached hydrogens (tertiary/aromatic N) is 3. The van der Waals surface area contributed by atoms with Gasteiger partial charge in [0.15, 0.2) is 5.52 Å². The summed E-state index contributed by atoms with van der Waals surface area (Å²) in [6.45, 7) is 1.65. The first-order valence-corrected chi connectivity index (χ1v) is 6.99. The van der Waals surface area contributed by atoms with Gasteiger partial charge < -0.3 is 10.8 Å². The highest BCUT2D eigenvalue weighted by Gasteiger charge is 2.35. The number of aromatic nitrogens is 3. The number of benzene rings is 1. The lowest BCUT2D eigenvalue weighted by Gasteiger charge is -2.13. The number of rotatable bonds is 3. The van der Waals surface area contributed by atoms with Crippen LogP contribution in [0.1, 0.15) is 32.7 Å². The Kier molecular flexibility index (Phi) is 3.82. The average molecular weight is 352 g/mol. The number of hydrogen-bond acceptors (Lipinski definition) is 6. The standard InChI is InChI=1S/C15H11F3N4O3/c1-6-8(11(19)12-13(20-6)22-25-21-12)4-7-2-3-10(15(16,17)18)9(5-7)14(23)24/h2-3,5H,4,19H2,1H3,(H,23,24). The fourth-order valence-electron chi connectivity index (χ4n) is 2.54. The Morgan fingerprint density at radius 3 is 2.68 bits per heavy atom. The van der Waals surface area contributed by atoms with Gasteiger partial charge in [-0.2, -0.15) is 13.2 Å². The number of nitrogen functional groups attached to an aromatic ring is 1. The lowest BCUT2D eigenvalue weighted by molar-refractivity contribution is -0.138. The summed E-state index contributed by atoms with van der Waals surface area (Å²) in [4.78, 5) is 15.3. The maximum absolute atomic E-state index is 12.9. The molecule has 0 bridgehead atoms. The van der Waals surface area contributed by atoms with Gasteiger partial charge in [-0.3, -0.25) is 0 Å². The van der Waals surface area contributed by atoms with E-state index in [1.54, 1.807) is 6.92 Å². The summed E-state index contributed by atoms with van der Waals surface area (Å²) >= 11 is 0. The molecule has 0 spiro atoms. The Morgan fingerprint density at radius 1 is 1.32 bits per heavy atom. The van der Waals surface area contributed by atoms with Crippen LogP contribution in [0.3, 0.4) is 0 Å². The fourth-order valence-corrected chi connectivity index (χ4v) is 2.54. The molecule has 25 heavy (non-hydrogen) atoms. The third kappa shape index (κ3) is 2.97. The quantitative estimate of drug-likeness (QED) is 0.744. The summed E-state index contributed by atoms with van der Waals surface area (Å²) in [5.74, 6) is -1.66. The molecular weight excluding hydrogens is 341 g/mol. The van der Waals surface area contributed by atoms with Crippen LogP contribution in [-0.4, -0.2) is 26.4 Å². The highest BCUT2D eigenvalue weighted by Crippen LogP contribution is 2.33. The van der Waals surface area contributed by atoms with Gasteiger partial charge in [-0.05, 0) is 34.9 Å². The Labute approximate surface area is 138 Å². The number of anilines is 1. The molecule has 0 unspecified atom stereocenters. The van der Waals surface area contributed by atoms with Crippen molar-refractivity contribution in [3.8, 4) is 0 Å². The SMILES string of the molecule is Cc1nc2nonc2c(N)c1Cc1ccc(C(F)(F)F)c(C(=O)O)c1. The molecule has 3 N–H and O–H groups in total. The number of carbonyl (C=O) groups is 1. The second-order valence-electron chi connectivity index (χ2n) is 5.39. The van der Waals surface area contributed by atoms with E-state index in [4.69, 9.17) is 10.8 Å². The highest BCUT2D eigenvalue weighted by molar-refractivity contribution is 5.90. The molecule has 7 nitrogen and oxygen atoms in total. The van der Waals surface area contributed by atoms with Gasteiger partial charge in [0.2, 0.25) is 5.65 Å². The molecule has 3 aromatic rings. The van der Waals surface area contributed by atoms with Gasteiger partial charge in [0.05, 0.1) is 16.8 Å². The van der Waals surface area contributed by atoms with Crippen molar-refractivity contribution >= 4 is 22.8 Å². The van der Waals surface area contributed by atoms with Crippen molar-refractivity contribution in [2.75, 3.05) is 5.73 Å². The minimum atomic E-state index is -4.76. The van der Waals surface area contributed by atoms with E-state index >= 15 is 0 Å². The smallest absolute Gasteiger partial charge is 0.417 e. The molecule has 0 saturated carbocycles. The number of fused-ring (bicyclic) bond motifs is 1. The monoisotopic (exact) mass is 352 g/mol. The minimum Gasteiger partial charge on any atom is -0.478 e. The number of hydrogen-bond donors (Lipinski definition) is 2. The largest absolute Gasteiger partial charge is 0.478 e. The molecule has 2 heterocycles. The lowest BCUT2D eigenvalue weighted by Crippen LogP contribution is -2.13. The van der Waals surface area contributed by atoms with Crippen molar-refractivity contribution in [1.82, 2.24) is 15.3 Å². The van der Waals surface area contributed by atoms with Crippen LogP contribution in [0.15, 0.2) is 22.8 Å². The maximum atomic E-state index is 12.9. The van der Waals surface area contributed by atoms with E-state index in [2.05, 4.69) is 19.9 Å². The van der Waals surface area contributed by atoms with Crippen LogP contribution in [0.5, 0.6) is 0 Å². The zero-order valence-corrected chi connectivity index (χ0v) is 12.8. The van der Waals surface area contributed by atoms with Gasteiger partial charge in [0.25, 0.3) is 0 Å². The van der Waals surface area contributed by atoms with E-state index in [9.17, 15) is 18.0 Å². The van der Waals surface area contributed by atoms with E-state index in [0.717, 1.165) is 12.1 Å². The molecule has 0 radical (unpaired) electrons. The number of carboxylic acid groups (broad SMARTS) is 1. The van der Waals surface area contributed by atoms with E-state index in [0.29, 0.717) is 16.8 Å². The number of nitrogens with two attached hydrogens (primary N) is 1. The molecule has 0 atom stereocenters. The molecule has 0 amide bonds. The average Bonchev–Trinajstić information content (AvgIpc) is 2.98. The van der Waals surface area contributed by atoms with Crippen LogP contribution < -0.4 is 5.73 Å². The van der Waals surface area contributed by atoms with E-state index in [-0.39, 0.29) is 23.3 Å². The summed E-state index contributed by atoms with van der Waals surface area (Å²) in [5.41, 5.74) is 6.04. The number of aromatic carboxylic acids is 1. The van der Waals surface area contributed by atoms with Crippen molar-refractivity contribution in [2.45, 2.75) is 19.5 Å². The van der Waals surface area contributed by atoms with Gasteiger partial charge in [0.1, 0.15) is 0 Å². The predicted molar refractivity (Wildman–Crippen MR) is 80.0 cm³/mol. The van der Waals surface area contributed by atoms with E-state index < -0.39 is 23.3 Å². The first-order valence-electron chi connectivity index (χ1n) is 6.99. The van der Waals surface area contributed by atoms with Crippen LogP contribution in [0.2, 0.25) is 0 Å². The predicted octanol–water partition coefficient (Wildman–Crippen LogP) is 2.82. The van der Waals surface area contributed by atoms with Crippen molar-refractivity contribution in [2.24, 2.45) is 0 Å². The number of carboxylic acids is 1. The van der Waals surface area contributed by atoms with Crippen molar-refractivity contribution < 1.29 is 27.7 Å². The van der Waals surface area contributed by atoms with Gasteiger partial charge in [0, 0.05) is 17.7 Å². The van der Waals surface area contributed by atoms with Crippen LogP contribution in [0, 0.1) is 6.92 Å². The number of alkyl halides is 3. The summed E-state index contributed by atoms with van der Waals surface area (Å²) in [5, 5.41) is 16.3. The molecule has 130 valence electrons. The summed E-state index contributed by atoms with van der Waals surface area (Å²) in [6.07, 6.45) is -4.67. The van der Waals surface area contributed by atoms with Gasteiger partial charge in [-0.25, -0.2) is 14.4 Å². The zero-order valence-electron chi connectivity index (χ0n) is 12.8. The van der Waals surface area contributed by atoms with E-state index in [1.165, 1.54) is 6.07 Å². The lowest BCUT2D eigenvalue weighted by atomic mass is 9.97. The second kappa shape index (κ2) is 5.72. The van der Waals surface area contributed by atoms with Crippen molar-refractivity contribution in [3.05, 3.63) is 46.1 Å². The van der Waals surface area contributed by atoms with E-state index in [1.807, 2.05) is 0 Å². The molecule has 10 heteroatoms. The zero-order chi connectivity index (χ0) is 18.4. The van der Waals surface area contributed by atoms with Crippen LogP contribution in [-0.2, 0) is 12.6 Å². The number of pyridine rings is 1. The summed E-state index contributed by atoms with van der Waals surface area (Å²) < 4.78 is 43.3. The first kappa shape index (κ1) is 16.7. The molecule has 3 rings (SSSR count). The number of halogens is 3. The summed E-state index contributed by atoms with van der Waals surface area (Å²) in [7, 11) is 0. The number of aryl methyl sites for hydroxylation is 1. The molecular formula is C15H11F3N4O3. The minimum absolute atomic E-state index is 0.0892. The molecule has 1 aromatic carbocycles. The topological polar surface area (TPSA) is 115 Å². The Morgan fingerprint density at radius 2 is 2.04 bits per heavy atom. The van der Waals surface area contributed by atoms with Gasteiger partial charge in [-0.15, -0.1) is 0 Å².